The lowest BCUT2D eigenvalue weighted by Gasteiger charge is -2.05. The molecule has 5 nitrogen and oxygen atoms in total. The number of Topliss-reactive ketones (excluding diaryl/α,β-unsaturated/α-hetero) is 1. The maximum Gasteiger partial charge on any atom is 0.342 e. The second-order valence-corrected chi connectivity index (χ2v) is 4.12. The first-order valence-electron chi connectivity index (χ1n) is 6.59. The van der Waals surface area contributed by atoms with E-state index in [9.17, 15) is 14.4 Å². The van der Waals surface area contributed by atoms with Crippen molar-refractivity contribution in [2.75, 3.05) is 13.2 Å². The standard InChI is InChI=1S/C14H22O5/c1-4-6-8-18-13(16)10-12(11(3)15)14(17)19-9-7-5-2/h10H,4-9H2,1-3H3/b12-10-. The monoisotopic (exact) mass is 270 g/mol. The summed E-state index contributed by atoms with van der Waals surface area (Å²) in [5, 5.41) is 0. The molecule has 0 rings (SSSR count). The highest BCUT2D eigenvalue weighted by molar-refractivity contribution is 6.19. The van der Waals surface area contributed by atoms with Crippen LogP contribution in [0.2, 0.25) is 0 Å². The van der Waals surface area contributed by atoms with E-state index in [4.69, 9.17) is 9.47 Å². The summed E-state index contributed by atoms with van der Waals surface area (Å²) in [6, 6.07) is 0. The third-order valence-electron chi connectivity index (χ3n) is 2.33. The average Bonchev–Trinajstić information content (AvgIpc) is 2.36. The maximum absolute atomic E-state index is 11.6. The van der Waals surface area contributed by atoms with Crippen LogP contribution in [-0.2, 0) is 23.9 Å². The lowest BCUT2D eigenvalue weighted by atomic mass is 10.2. The number of esters is 2. The number of unbranched alkanes of at least 4 members (excludes halogenated alkanes) is 2. The van der Waals surface area contributed by atoms with Gasteiger partial charge in [-0.2, -0.15) is 0 Å². The Bertz CT molecular complexity index is 344. The first kappa shape index (κ1) is 17.4. The molecule has 0 aliphatic carbocycles. The van der Waals surface area contributed by atoms with Gasteiger partial charge in [0.05, 0.1) is 13.2 Å². The number of hydrogen-bond donors (Lipinski definition) is 0. The van der Waals surface area contributed by atoms with Gasteiger partial charge in [-0.3, -0.25) is 4.79 Å². The van der Waals surface area contributed by atoms with E-state index in [1.807, 2.05) is 13.8 Å². The molecule has 0 radical (unpaired) electrons. The predicted octanol–water partition coefficient (Wildman–Crippen LogP) is 2.19. The molecule has 0 unspecified atom stereocenters. The quantitative estimate of drug-likeness (QED) is 0.211. The molecule has 0 saturated carbocycles. The lowest BCUT2D eigenvalue weighted by Crippen LogP contribution is -2.17. The summed E-state index contributed by atoms with van der Waals surface area (Å²) in [6.45, 7) is 5.66. The largest absolute Gasteiger partial charge is 0.463 e. The van der Waals surface area contributed by atoms with E-state index in [0.717, 1.165) is 31.8 Å². The molecule has 0 bridgehead atoms. The fourth-order valence-electron chi connectivity index (χ4n) is 1.17. The van der Waals surface area contributed by atoms with Gasteiger partial charge in [-0.1, -0.05) is 26.7 Å². The van der Waals surface area contributed by atoms with Crippen molar-refractivity contribution in [3.63, 3.8) is 0 Å². The highest BCUT2D eigenvalue weighted by Gasteiger charge is 2.18. The van der Waals surface area contributed by atoms with Crippen molar-refractivity contribution in [2.45, 2.75) is 46.5 Å². The molecule has 0 aromatic carbocycles. The summed E-state index contributed by atoms with van der Waals surface area (Å²) in [5.41, 5.74) is -0.266. The van der Waals surface area contributed by atoms with Crippen molar-refractivity contribution in [1.29, 1.82) is 0 Å². The number of hydrogen-bond acceptors (Lipinski definition) is 5. The van der Waals surface area contributed by atoms with E-state index in [1.54, 1.807) is 0 Å². The molecule has 0 atom stereocenters. The first-order valence-corrected chi connectivity index (χ1v) is 6.59. The normalized spacial score (nSPS) is 11.0. The minimum absolute atomic E-state index is 0.241. The predicted molar refractivity (Wildman–Crippen MR) is 70.5 cm³/mol. The Morgan fingerprint density at radius 3 is 1.95 bits per heavy atom. The number of ether oxygens (including phenoxy) is 2. The molecule has 0 aromatic rings. The zero-order valence-corrected chi connectivity index (χ0v) is 11.9. The Morgan fingerprint density at radius 2 is 1.47 bits per heavy atom. The van der Waals surface area contributed by atoms with Gasteiger partial charge in [0.1, 0.15) is 5.57 Å². The summed E-state index contributed by atoms with van der Waals surface area (Å²) in [5.74, 6) is -1.96. The fraction of sp³-hybridized carbons (Fsp3) is 0.643. The summed E-state index contributed by atoms with van der Waals surface area (Å²) in [4.78, 5) is 34.3. The Labute approximate surface area is 114 Å². The van der Waals surface area contributed by atoms with Gasteiger partial charge in [-0.15, -0.1) is 0 Å². The second-order valence-electron chi connectivity index (χ2n) is 4.12. The molecule has 108 valence electrons. The van der Waals surface area contributed by atoms with E-state index < -0.39 is 17.7 Å². The van der Waals surface area contributed by atoms with E-state index >= 15 is 0 Å². The Hall–Kier alpha value is -1.65. The smallest absolute Gasteiger partial charge is 0.342 e. The van der Waals surface area contributed by atoms with Crippen molar-refractivity contribution in [2.24, 2.45) is 0 Å². The molecule has 0 saturated heterocycles. The molecule has 0 aliphatic rings. The Balaban J connectivity index is 4.48. The third kappa shape index (κ3) is 8.13. The van der Waals surface area contributed by atoms with Gasteiger partial charge in [-0.05, 0) is 19.8 Å². The average molecular weight is 270 g/mol. The van der Waals surface area contributed by atoms with Gasteiger partial charge in [0, 0.05) is 6.08 Å². The van der Waals surface area contributed by atoms with Crippen LogP contribution in [0.1, 0.15) is 46.5 Å². The van der Waals surface area contributed by atoms with Gasteiger partial charge in [-0.25, -0.2) is 9.59 Å². The number of rotatable bonds is 9. The number of ketones is 1. The van der Waals surface area contributed by atoms with Crippen molar-refractivity contribution >= 4 is 17.7 Å². The highest BCUT2D eigenvalue weighted by Crippen LogP contribution is 2.03. The summed E-state index contributed by atoms with van der Waals surface area (Å²) >= 11 is 0. The van der Waals surface area contributed by atoms with Crippen molar-refractivity contribution < 1.29 is 23.9 Å². The van der Waals surface area contributed by atoms with E-state index in [0.29, 0.717) is 0 Å². The first-order chi connectivity index (χ1) is 9.02. The van der Waals surface area contributed by atoms with E-state index in [-0.39, 0.29) is 18.8 Å². The molecule has 0 N–H and O–H groups in total. The summed E-state index contributed by atoms with van der Waals surface area (Å²) in [6.07, 6.45) is 4.15. The van der Waals surface area contributed by atoms with Crippen LogP contribution in [0.25, 0.3) is 0 Å². The van der Waals surface area contributed by atoms with Gasteiger partial charge in [0.2, 0.25) is 0 Å². The molecule has 0 spiro atoms. The fourth-order valence-corrected chi connectivity index (χ4v) is 1.17. The molecule has 0 aliphatic heterocycles. The second kappa shape index (κ2) is 10.3. The SMILES string of the molecule is CCCCOC(=O)/C=C(/C(C)=O)C(=O)OCCCC. The maximum atomic E-state index is 11.6. The van der Waals surface area contributed by atoms with Crippen LogP contribution in [0.15, 0.2) is 11.6 Å². The van der Waals surface area contributed by atoms with Gasteiger partial charge in [0.15, 0.2) is 5.78 Å². The molecular weight excluding hydrogens is 248 g/mol. The van der Waals surface area contributed by atoms with Crippen LogP contribution < -0.4 is 0 Å². The summed E-state index contributed by atoms with van der Waals surface area (Å²) < 4.78 is 9.76. The van der Waals surface area contributed by atoms with Crippen LogP contribution >= 0.6 is 0 Å². The Morgan fingerprint density at radius 1 is 0.947 bits per heavy atom. The third-order valence-corrected chi connectivity index (χ3v) is 2.33. The van der Waals surface area contributed by atoms with Crippen molar-refractivity contribution in [3.8, 4) is 0 Å². The van der Waals surface area contributed by atoms with Crippen LogP contribution in [0.5, 0.6) is 0 Å². The molecule has 0 amide bonds. The molecule has 0 aromatic heterocycles. The van der Waals surface area contributed by atoms with Crippen LogP contribution in [0, 0.1) is 0 Å². The molecule has 0 fully saturated rings. The van der Waals surface area contributed by atoms with Crippen LogP contribution in [-0.4, -0.2) is 30.9 Å². The van der Waals surface area contributed by atoms with Gasteiger partial charge in [0.25, 0.3) is 0 Å². The molecule has 0 heterocycles. The zero-order chi connectivity index (χ0) is 14.7. The Kier molecular flexibility index (Phi) is 9.40. The highest BCUT2D eigenvalue weighted by atomic mass is 16.5. The van der Waals surface area contributed by atoms with Gasteiger partial charge < -0.3 is 9.47 Å². The van der Waals surface area contributed by atoms with E-state index in [1.165, 1.54) is 6.92 Å². The zero-order valence-electron chi connectivity index (χ0n) is 11.9. The molecule has 19 heavy (non-hydrogen) atoms. The van der Waals surface area contributed by atoms with E-state index in [2.05, 4.69) is 0 Å². The minimum Gasteiger partial charge on any atom is -0.463 e. The lowest BCUT2D eigenvalue weighted by molar-refractivity contribution is -0.142. The number of carbonyl (C=O) groups excluding carboxylic acids is 3. The van der Waals surface area contributed by atoms with Crippen molar-refractivity contribution in [1.82, 2.24) is 0 Å². The van der Waals surface area contributed by atoms with Crippen LogP contribution in [0.3, 0.4) is 0 Å². The minimum atomic E-state index is -0.770. The van der Waals surface area contributed by atoms with Crippen molar-refractivity contribution in [3.05, 3.63) is 11.6 Å². The topological polar surface area (TPSA) is 69.7 Å². The van der Waals surface area contributed by atoms with Gasteiger partial charge >= 0.3 is 11.9 Å². The number of carbonyl (C=O) groups is 3. The molecule has 5 heteroatoms. The summed E-state index contributed by atoms with van der Waals surface area (Å²) in [7, 11) is 0. The molecular formula is C14H22O5. The van der Waals surface area contributed by atoms with Crippen LogP contribution in [0.4, 0.5) is 0 Å².